The van der Waals surface area contributed by atoms with Crippen molar-refractivity contribution in [2.24, 2.45) is 5.92 Å². The van der Waals surface area contributed by atoms with E-state index in [1.54, 1.807) is 4.90 Å². The summed E-state index contributed by atoms with van der Waals surface area (Å²) in [4.78, 5) is 1.69. The van der Waals surface area contributed by atoms with Crippen LogP contribution in [0.2, 0.25) is 0 Å². The van der Waals surface area contributed by atoms with Crippen LogP contribution in [0.25, 0.3) is 0 Å². The van der Waals surface area contributed by atoms with Crippen LogP contribution in [0.5, 0.6) is 5.75 Å². The van der Waals surface area contributed by atoms with E-state index in [1.165, 1.54) is 0 Å². The normalized spacial score (nSPS) is 20.5. The van der Waals surface area contributed by atoms with Gasteiger partial charge in [0.2, 0.25) is 0 Å². The molecule has 0 amide bonds. The van der Waals surface area contributed by atoms with E-state index in [-0.39, 0.29) is 24.9 Å². The number of anilines is 2. The summed E-state index contributed by atoms with van der Waals surface area (Å²) in [5.74, 6) is -0.646. The minimum atomic E-state index is -4.16. The van der Waals surface area contributed by atoms with E-state index in [9.17, 15) is 13.2 Å². The first-order chi connectivity index (χ1) is 9.29. The van der Waals surface area contributed by atoms with Crippen molar-refractivity contribution in [1.82, 2.24) is 4.37 Å². The maximum atomic E-state index is 12.9. The topological polar surface area (TPSA) is 51.4 Å². The van der Waals surface area contributed by atoms with E-state index in [0.29, 0.717) is 23.7 Å². The van der Waals surface area contributed by atoms with E-state index in [1.807, 2.05) is 13.8 Å². The predicted molar refractivity (Wildman–Crippen MR) is 73.3 cm³/mol. The minimum Gasteiger partial charge on any atom is -0.484 e. The van der Waals surface area contributed by atoms with Gasteiger partial charge in [-0.1, -0.05) is 0 Å². The standard InChI is InChI=1S/C12H18F3N3OS/c1-7(2)19-9-10(16)17-20-11(9)18-5-3-4-8(6-18)12(13,14)15/h7-8H,3-6H2,1-2H3,(H2,16,17). The third kappa shape index (κ3) is 3.28. The first-order valence-electron chi connectivity index (χ1n) is 6.52. The fourth-order valence-electron chi connectivity index (χ4n) is 2.26. The lowest BCUT2D eigenvalue weighted by Gasteiger charge is -2.34. The molecule has 20 heavy (non-hydrogen) atoms. The first-order valence-corrected chi connectivity index (χ1v) is 7.30. The fourth-order valence-corrected chi connectivity index (χ4v) is 3.05. The molecule has 0 bridgehead atoms. The number of nitrogens with zero attached hydrogens (tertiary/aromatic N) is 2. The number of ether oxygens (including phenoxy) is 1. The van der Waals surface area contributed by atoms with Gasteiger partial charge in [-0.25, -0.2) is 0 Å². The van der Waals surface area contributed by atoms with Crippen molar-refractivity contribution in [2.45, 2.75) is 39.0 Å². The van der Waals surface area contributed by atoms with Crippen molar-refractivity contribution in [3.8, 4) is 5.75 Å². The maximum absolute atomic E-state index is 12.9. The SMILES string of the molecule is CC(C)Oc1c(N)nsc1N1CCCC(C(F)(F)F)C1. The van der Waals surface area contributed by atoms with Crippen LogP contribution in [0, 0.1) is 5.92 Å². The Hall–Kier alpha value is -1.18. The molecule has 1 saturated heterocycles. The van der Waals surface area contributed by atoms with Crippen molar-refractivity contribution >= 4 is 22.4 Å². The Morgan fingerprint density at radius 2 is 2.15 bits per heavy atom. The lowest BCUT2D eigenvalue weighted by atomic mass is 9.98. The second-order valence-electron chi connectivity index (χ2n) is 5.20. The Balaban J connectivity index is 2.19. The number of halogens is 3. The lowest BCUT2D eigenvalue weighted by Crippen LogP contribution is -2.41. The van der Waals surface area contributed by atoms with Gasteiger partial charge in [0.1, 0.15) is 0 Å². The number of piperidine rings is 1. The molecule has 2 heterocycles. The monoisotopic (exact) mass is 309 g/mol. The molecule has 0 aliphatic carbocycles. The zero-order valence-corrected chi connectivity index (χ0v) is 12.2. The van der Waals surface area contributed by atoms with Crippen LogP contribution in [0.3, 0.4) is 0 Å². The number of nitrogens with two attached hydrogens (primary N) is 1. The number of aromatic nitrogens is 1. The van der Waals surface area contributed by atoms with Gasteiger partial charge in [0, 0.05) is 13.1 Å². The van der Waals surface area contributed by atoms with Crippen molar-refractivity contribution in [3.05, 3.63) is 0 Å². The molecule has 0 saturated carbocycles. The molecule has 8 heteroatoms. The van der Waals surface area contributed by atoms with Gasteiger partial charge in [-0.05, 0) is 38.2 Å². The molecule has 1 aromatic heterocycles. The van der Waals surface area contributed by atoms with Crippen LogP contribution in [0.1, 0.15) is 26.7 Å². The molecule has 0 radical (unpaired) electrons. The van der Waals surface area contributed by atoms with Crippen molar-refractivity contribution < 1.29 is 17.9 Å². The second kappa shape index (κ2) is 5.67. The van der Waals surface area contributed by atoms with Crippen molar-refractivity contribution in [3.63, 3.8) is 0 Å². The third-order valence-electron chi connectivity index (χ3n) is 3.18. The third-order valence-corrected chi connectivity index (χ3v) is 4.09. The smallest absolute Gasteiger partial charge is 0.393 e. The zero-order chi connectivity index (χ0) is 14.9. The molecule has 4 nitrogen and oxygen atoms in total. The van der Waals surface area contributed by atoms with E-state index < -0.39 is 12.1 Å². The van der Waals surface area contributed by atoms with Gasteiger partial charge < -0.3 is 15.4 Å². The second-order valence-corrected chi connectivity index (χ2v) is 5.95. The zero-order valence-electron chi connectivity index (χ0n) is 11.4. The summed E-state index contributed by atoms with van der Waals surface area (Å²) in [5, 5.41) is 0.602. The first kappa shape index (κ1) is 15.2. The molecule has 2 N–H and O–H groups in total. The van der Waals surface area contributed by atoms with E-state index in [0.717, 1.165) is 11.5 Å². The molecular formula is C12H18F3N3OS. The van der Waals surface area contributed by atoms with E-state index in [4.69, 9.17) is 10.5 Å². The largest absolute Gasteiger partial charge is 0.484 e. The number of hydrogen-bond acceptors (Lipinski definition) is 5. The number of hydrogen-bond donors (Lipinski definition) is 1. The van der Waals surface area contributed by atoms with Gasteiger partial charge >= 0.3 is 6.18 Å². The van der Waals surface area contributed by atoms with E-state index in [2.05, 4.69) is 4.37 Å². The predicted octanol–water partition coefficient (Wildman–Crippen LogP) is 3.29. The summed E-state index contributed by atoms with van der Waals surface area (Å²) in [6, 6.07) is 0. The molecule has 1 aromatic rings. The summed E-state index contributed by atoms with van der Waals surface area (Å²) >= 11 is 1.10. The minimum absolute atomic E-state index is 0.0560. The molecule has 1 atom stereocenters. The van der Waals surface area contributed by atoms with Crippen LogP contribution < -0.4 is 15.4 Å². The Morgan fingerprint density at radius 1 is 1.45 bits per heavy atom. The number of alkyl halides is 3. The molecular weight excluding hydrogens is 291 g/mol. The van der Waals surface area contributed by atoms with Crippen molar-refractivity contribution in [2.75, 3.05) is 23.7 Å². The van der Waals surface area contributed by atoms with Gasteiger partial charge in [0.25, 0.3) is 0 Å². The average molecular weight is 309 g/mol. The molecule has 0 spiro atoms. The molecule has 1 unspecified atom stereocenters. The van der Waals surface area contributed by atoms with Crippen LogP contribution in [-0.4, -0.2) is 29.7 Å². The van der Waals surface area contributed by atoms with Gasteiger partial charge in [-0.15, -0.1) is 0 Å². The molecule has 0 aromatic carbocycles. The summed E-state index contributed by atoms with van der Waals surface area (Å²) in [6.45, 7) is 4.20. The molecule has 1 fully saturated rings. The number of rotatable bonds is 3. The Labute approximate surface area is 119 Å². The lowest BCUT2D eigenvalue weighted by molar-refractivity contribution is -0.175. The van der Waals surface area contributed by atoms with Crippen LogP contribution in [0.4, 0.5) is 24.0 Å². The fraction of sp³-hybridized carbons (Fsp3) is 0.750. The highest BCUT2D eigenvalue weighted by Gasteiger charge is 2.42. The summed E-state index contributed by atoms with van der Waals surface area (Å²) in [6.07, 6.45) is -3.58. The van der Waals surface area contributed by atoms with E-state index >= 15 is 0 Å². The Morgan fingerprint density at radius 3 is 2.75 bits per heavy atom. The van der Waals surface area contributed by atoms with Crippen LogP contribution in [-0.2, 0) is 0 Å². The van der Waals surface area contributed by atoms with Gasteiger partial charge in [0.05, 0.1) is 12.0 Å². The summed E-state index contributed by atoms with van der Waals surface area (Å²) in [7, 11) is 0. The average Bonchev–Trinajstić information content (AvgIpc) is 2.70. The highest BCUT2D eigenvalue weighted by Crippen LogP contribution is 2.42. The summed E-state index contributed by atoms with van der Waals surface area (Å²) in [5.41, 5.74) is 5.74. The van der Waals surface area contributed by atoms with Crippen LogP contribution >= 0.6 is 11.5 Å². The highest BCUT2D eigenvalue weighted by atomic mass is 32.1. The summed E-state index contributed by atoms with van der Waals surface area (Å²) < 4.78 is 48.1. The maximum Gasteiger partial charge on any atom is 0.393 e. The van der Waals surface area contributed by atoms with Crippen LogP contribution in [0.15, 0.2) is 0 Å². The van der Waals surface area contributed by atoms with Crippen molar-refractivity contribution in [1.29, 1.82) is 0 Å². The Kier molecular flexibility index (Phi) is 4.31. The number of nitrogen functional groups attached to an aromatic ring is 1. The molecule has 1 aliphatic heterocycles. The van der Waals surface area contributed by atoms with Gasteiger partial charge in [0.15, 0.2) is 16.6 Å². The molecule has 2 rings (SSSR count). The molecule has 114 valence electrons. The van der Waals surface area contributed by atoms with Gasteiger partial charge in [-0.3, -0.25) is 0 Å². The van der Waals surface area contributed by atoms with Gasteiger partial charge in [-0.2, -0.15) is 17.5 Å². The molecule has 1 aliphatic rings. The Bertz CT molecular complexity index is 461. The quantitative estimate of drug-likeness (QED) is 0.931. The highest BCUT2D eigenvalue weighted by molar-refractivity contribution is 7.11.